The number of ether oxygens (including phenoxy) is 2. The summed E-state index contributed by atoms with van der Waals surface area (Å²) in [5.41, 5.74) is 7.33. The number of rotatable bonds is 12. The van der Waals surface area contributed by atoms with E-state index >= 15 is 0 Å². The first-order valence-electron chi connectivity index (χ1n) is 14.5. The Balaban J connectivity index is 1.37. The number of methoxy groups -OCH3 is 1. The molecule has 1 aliphatic heterocycles. The van der Waals surface area contributed by atoms with Crippen molar-refractivity contribution in [3.63, 3.8) is 0 Å². The number of hydrogen-bond donors (Lipinski definition) is 2. The van der Waals surface area contributed by atoms with Crippen LogP contribution in [0.5, 0.6) is 17.2 Å². The van der Waals surface area contributed by atoms with Gasteiger partial charge in [-0.3, -0.25) is 14.4 Å². The Labute approximate surface area is 252 Å². The highest BCUT2D eigenvalue weighted by atomic mass is 16.5. The van der Waals surface area contributed by atoms with E-state index in [0.29, 0.717) is 24.5 Å². The minimum atomic E-state index is -0.476. The summed E-state index contributed by atoms with van der Waals surface area (Å²) in [6, 6.07) is 16.4. The number of carbonyl (C=O) groups is 3. The van der Waals surface area contributed by atoms with E-state index in [-0.39, 0.29) is 39.8 Å². The van der Waals surface area contributed by atoms with Crippen LogP contribution in [0.15, 0.2) is 60.7 Å². The van der Waals surface area contributed by atoms with Crippen LogP contribution in [-0.4, -0.2) is 86.5 Å². The number of nitrogens with two attached hydrogens (primary N) is 1. The highest BCUT2D eigenvalue weighted by Gasteiger charge is 2.26. The van der Waals surface area contributed by atoms with Crippen LogP contribution >= 0.6 is 0 Å². The fourth-order valence-electron chi connectivity index (χ4n) is 5.09. The monoisotopic (exact) mass is 588 g/mol. The van der Waals surface area contributed by atoms with Gasteiger partial charge in [0.1, 0.15) is 11.5 Å². The number of phenolic OH excluding ortho intramolecular Hbond substituents is 1. The molecule has 0 bridgehead atoms. The maximum atomic E-state index is 13.6. The summed E-state index contributed by atoms with van der Waals surface area (Å²) in [4.78, 5) is 44.8. The van der Waals surface area contributed by atoms with Gasteiger partial charge in [0.25, 0.3) is 5.91 Å². The summed E-state index contributed by atoms with van der Waals surface area (Å²) in [6.07, 6.45) is 2.98. The molecule has 10 nitrogen and oxygen atoms in total. The van der Waals surface area contributed by atoms with Crippen molar-refractivity contribution in [1.29, 1.82) is 0 Å². The lowest BCUT2D eigenvalue weighted by Gasteiger charge is -2.32. The van der Waals surface area contributed by atoms with Crippen molar-refractivity contribution in [2.75, 3.05) is 64.6 Å². The van der Waals surface area contributed by atoms with E-state index in [1.807, 2.05) is 17.0 Å². The van der Waals surface area contributed by atoms with E-state index in [9.17, 15) is 19.5 Å². The predicted molar refractivity (Wildman–Crippen MR) is 166 cm³/mol. The molecule has 0 aromatic heterocycles. The Bertz CT molecular complexity index is 1450. The normalized spacial score (nSPS) is 13.4. The SMILES string of the molecule is COc1c(C(=O)c2ccccc2O)ccc(C(=O)N(C)c2ccccc2OCCCCCC(=O)N2CCN(C)CC2)c1N. The van der Waals surface area contributed by atoms with Crippen molar-refractivity contribution in [1.82, 2.24) is 9.80 Å². The predicted octanol–water partition coefficient (Wildman–Crippen LogP) is 4.20. The zero-order valence-electron chi connectivity index (χ0n) is 25.0. The van der Waals surface area contributed by atoms with E-state index in [1.54, 1.807) is 31.3 Å². The number of ketones is 1. The van der Waals surface area contributed by atoms with Crippen LogP contribution in [0.1, 0.15) is 52.0 Å². The van der Waals surface area contributed by atoms with Crippen LogP contribution in [0, 0.1) is 0 Å². The zero-order valence-corrected chi connectivity index (χ0v) is 25.0. The maximum absolute atomic E-state index is 13.6. The maximum Gasteiger partial charge on any atom is 0.260 e. The van der Waals surface area contributed by atoms with E-state index in [4.69, 9.17) is 15.2 Å². The smallest absolute Gasteiger partial charge is 0.260 e. The molecule has 3 aromatic rings. The number of piperazine rings is 1. The quantitative estimate of drug-likeness (QED) is 0.183. The van der Waals surface area contributed by atoms with Gasteiger partial charge in [0.2, 0.25) is 11.7 Å². The van der Waals surface area contributed by atoms with Crippen LogP contribution in [0.25, 0.3) is 0 Å². The first kappa shape index (κ1) is 31.4. The fraction of sp³-hybridized carbons (Fsp3) is 0.364. The summed E-state index contributed by atoms with van der Waals surface area (Å²) in [5, 5.41) is 10.1. The highest BCUT2D eigenvalue weighted by Crippen LogP contribution is 2.35. The Morgan fingerprint density at radius 2 is 1.56 bits per heavy atom. The van der Waals surface area contributed by atoms with Crippen LogP contribution < -0.4 is 20.1 Å². The number of nitrogen functional groups attached to an aromatic ring is 1. The van der Waals surface area contributed by atoms with Gasteiger partial charge in [0.05, 0.1) is 41.8 Å². The molecule has 1 fully saturated rings. The third-order valence-electron chi connectivity index (χ3n) is 7.70. The third kappa shape index (κ3) is 7.45. The van der Waals surface area contributed by atoms with Crippen molar-refractivity contribution in [2.45, 2.75) is 25.7 Å². The Morgan fingerprint density at radius 1 is 0.884 bits per heavy atom. The number of hydrogen-bond acceptors (Lipinski definition) is 8. The number of aromatic hydroxyl groups is 1. The molecule has 0 saturated carbocycles. The fourth-order valence-corrected chi connectivity index (χ4v) is 5.09. The molecule has 0 radical (unpaired) electrons. The van der Waals surface area contributed by atoms with Crippen LogP contribution in [-0.2, 0) is 4.79 Å². The Hall–Kier alpha value is -4.57. The molecular weight excluding hydrogens is 548 g/mol. The molecule has 228 valence electrons. The van der Waals surface area contributed by atoms with Crippen molar-refractivity contribution in [3.8, 4) is 17.2 Å². The number of phenols is 1. The van der Waals surface area contributed by atoms with Gasteiger partial charge in [0, 0.05) is 39.6 Å². The lowest BCUT2D eigenvalue weighted by Crippen LogP contribution is -2.47. The standard InChI is InChI=1S/C33H40N4O6/c1-35-18-20-37(21-19-35)29(39)15-5-4-10-22-43-28-14-9-7-12-26(28)36(2)33(41)24-16-17-25(32(42-3)30(24)34)31(40)23-11-6-8-13-27(23)38/h6-9,11-14,16-17,38H,4-5,10,15,18-22,34H2,1-3H3. The molecular formula is C33H40N4O6. The molecule has 10 heteroatoms. The number of unbranched alkanes of at least 4 members (excludes halogenated alkanes) is 2. The molecule has 1 heterocycles. The summed E-state index contributed by atoms with van der Waals surface area (Å²) in [5.74, 6) is -0.228. The van der Waals surface area contributed by atoms with Gasteiger partial charge < -0.3 is 35.0 Å². The second-order valence-electron chi connectivity index (χ2n) is 10.6. The molecule has 43 heavy (non-hydrogen) atoms. The average Bonchev–Trinajstić information content (AvgIpc) is 3.02. The second-order valence-corrected chi connectivity index (χ2v) is 10.6. The summed E-state index contributed by atoms with van der Waals surface area (Å²) in [7, 11) is 5.07. The minimum Gasteiger partial charge on any atom is -0.507 e. The third-order valence-corrected chi connectivity index (χ3v) is 7.70. The molecule has 0 spiro atoms. The summed E-state index contributed by atoms with van der Waals surface area (Å²) >= 11 is 0. The van der Waals surface area contributed by atoms with Gasteiger partial charge in [-0.05, 0) is 62.7 Å². The molecule has 0 aliphatic carbocycles. The molecule has 0 unspecified atom stereocenters. The lowest BCUT2D eigenvalue weighted by molar-refractivity contribution is -0.132. The highest BCUT2D eigenvalue weighted by molar-refractivity contribution is 6.16. The van der Waals surface area contributed by atoms with Gasteiger partial charge in [0.15, 0.2) is 5.75 Å². The minimum absolute atomic E-state index is 0.0186. The van der Waals surface area contributed by atoms with E-state index in [2.05, 4.69) is 11.9 Å². The van der Waals surface area contributed by atoms with Gasteiger partial charge in [-0.2, -0.15) is 0 Å². The number of nitrogens with zero attached hydrogens (tertiary/aromatic N) is 3. The summed E-state index contributed by atoms with van der Waals surface area (Å²) < 4.78 is 11.5. The zero-order chi connectivity index (χ0) is 30.9. The van der Waals surface area contributed by atoms with Gasteiger partial charge in [-0.15, -0.1) is 0 Å². The van der Waals surface area contributed by atoms with E-state index in [0.717, 1.165) is 45.4 Å². The van der Waals surface area contributed by atoms with E-state index in [1.165, 1.54) is 36.3 Å². The number of benzene rings is 3. The molecule has 4 rings (SSSR count). The van der Waals surface area contributed by atoms with Crippen molar-refractivity contribution in [2.24, 2.45) is 0 Å². The number of likely N-dealkylation sites (N-methyl/N-ethyl adjacent to an activating group) is 1. The van der Waals surface area contributed by atoms with Gasteiger partial charge in [-0.1, -0.05) is 24.3 Å². The van der Waals surface area contributed by atoms with Crippen molar-refractivity contribution in [3.05, 3.63) is 77.4 Å². The van der Waals surface area contributed by atoms with Crippen molar-refractivity contribution < 1.29 is 29.0 Å². The largest absolute Gasteiger partial charge is 0.507 e. The first-order chi connectivity index (χ1) is 20.7. The van der Waals surface area contributed by atoms with Crippen LogP contribution in [0.3, 0.4) is 0 Å². The molecule has 1 saturated heterocycles. The van der Waals surface area contributed by atoms with E-state index < -0.39 is 11.7 Å². The Kier molecular flexibility index (Phi) is 10.6. The summed E-state index contributed by atoms with van der Waals surface area (Å²) in [6.45, 7) is 3.86. The molecule has 3 aromatic carbocycles. The lowest BCUT2D eigenvalue weighted by atomic mass is 9.98. The molecule has 3 N–H and O–H groups in total. The second kappa shape index (κ2) is 14.6. The average molecular weight is 589 g/mol. The van der Waals surface area contributed by atoms with Gasteiger partial charge in [-0.25, -0.2) is 0 Å². The number of amides is 2. The van der Waals surface area contributed by atoms with Gasteiger partial charge >= 0.3 is 0 Å². The molecule has 0 atom stereocenters. The topological polar surface area (TPSA) is 126 Å². The van der Waals surface area contributed by atoms with Crippen LogP contribution in [0.2, 0.25) is 0 Å². The van der Waals surface area contributed by atoms with Crippen molar-refractivity contribution >= 4 is 29.0 Å². The van der Waals surface area contributed by atoms with Crippen LogP contribution in [0.4, 0.5) is 11.4 Å². The number of para-hydroxylation sites is 3. The molecule has 1 aliphatic rings. The number of anilines is 2. The molecule has 2 amide bonds. The number of carbonyl (C=O) groups excluding carboxylic acids is 3. The first-order valence-corrected chi connectivity index (χ1v) is 14.5. The Morgan fingerprint density at radius 3 is 2.28 bits per heavy atom.